The number of thioether (sulfide) groups is 1. The van der Waals surface area contributed by atoms with E-state index in [0.29, 0.717) is 16.3 Å². The van der Waals surface area contributed by atoms with Crippen LogP contribution in [-0.2, 0) is 0 Å². The van der Waals surface area contributed by atoms with Gasteiger partial charge >= 0.3 is 5.69 Å². The minimum atomic E-state index is -0.445. The Morgan fingerprint density at radius 3 is 2.69 bits per heavy atom. The van der Waals surface area contributed by atoms with Gasteiger partial charge in [0.2, 0.25) is 5.88 Å². The SMILES string of the molecule is CSc1ccc(Cl)cc1-c1[nH]c(=O)[nH]c1O. The molecular weight excluding hydrogens is 248 g/mol. The number of hydrogen-bond acceptors (Lipinski definition) is 3. The second-order valence-corrected chi connectivity index (χ2v) is 4.43. The van der Waals surface area contributed by atoms with Gasteiger partial charge in [-0.3, -0.25) is 4.98 Å². The van der Waals surface area contributed by atoms with Crippen molar-refractivity contribution >= 4 is 23.4 Å². The average molecular weight is 257 g/mol. The van der Waals surface area contributed by atoms with Gasteiger partial charge in [0.15, 0.2) is 0 Å². The van der Waals surface area contributed by atoms with Gasteiger partial charge in [-0.15, -0.1) is 11.8 Å². The monoisotopic (exact) mass is 256 g/mol. The van der Waals surface area contributed by atoms with Crippen LogP contribution in [0, 0.1) is 0 Å². The molecule has 0 spiro atoms. The van der Waals surface area contributed by atoms with Crippen molar-refractivity contribution in [2.24, 2.45) is 0 Å². The number of aromatic amines is 2. The van der Waals surface area contributed by atoms with Gasteiger partial charge in [-0.1, -0.05) is 11.6 Å². The normalized spacial score (nSPS) is 10.6. The molecule has 0 atom stereocenters. The molecule has 0 aliphatic heterocycles. The first-order valence-corrected chi connectivity index (χ1v) is 6.07. The maximum absolute atomic E-state index is 11.1. The van der Waals surface area contributed by atoms with E-state index in [1.165, 1.54) is 11.8 Å². The molecule has 0 radical (unpaired) electrons. The molecule has 6 heteroatoms. The van der Waals surface area contributed by atoms with Gasteiger partial charge < -0.3 is 10.1 Å². The molecule has 0 aliphatic carbocycles. The molecule has 0 saturated heterocycles. The average Bonchev–Trinajstić information content (AvgIpc) is 2.57. The Labute approximate surface area is 101 Å². The van der Waals surface area contributed by atoms with Gasteiger partial charge in [0.05, 0.1) is 0 Å². The Balaban J connectivity index is 2.67. The van der Waals surface area contributed by atoms with Gasteiger partial charge in [0.25, 0.3) is 0 Å². The molecule has 4 nitrogen and oxygen atoms in total. The minimum Gasteiger partial charge on any atom is -0.493 e. The molecule has 0 fully saturated rings. The molecule has 2 aromatic rings. The van der Waals surface area contributed by atoms with E-state index in [1.54, 1.807) is 12.1 Å². The molecular formula is C10H9ClN2O2S. The fourth-order valence-electron chi connectivity index (χ4n) is 1.44. The molecule has 84 valence electrons. The number of rotatable bonds is 2. The fraction of sp³-hybridized carbons (Fsp3) is 0.100. The standard InChI is InChI=1S/C10H9ClN2O2S/c1-16-7-3-2-5(11)4-6(7)8-9(14)13-10(15)12-8/h2-4,14H,1H3,(H2,12,13,15). The van der Waals surface area contributed by atoms with Crippen molar-refractivity contribution < 1.29 is 5.11 Å². The van der Waals surface area contributed by atoms with E-state index in [0.717, 1.165) is 4.90 Å². The second kappa shape index (κ2) is 4.27. The van der Waals surface area contributed by atoms with Crippen molar-refractivity contribution in [3.8, 4) is 17.1 Å². The summed E-state index contributed by atoms with van der Waals surface area (Å²) in [6.45, 7) is 0. The summed E-state index contributed by atoms with van der Waals surface area (Å²) in [6.07, 6.45) is 1.91. The lowest BCUT2D eigenvalue weighted by Crippen LogP contribution is -2.00. The number of nitrogens with one attached hydrogen (secondary N) is 2. The van der Waals surface area contributed by atoms with Crippen LogP contribution in [0.4, 0.5) is 0 Å². The first-order chi connectivity index (χ1) is 7.61. The van der Waals surface area contributed by atoms with Crippen LogP contribution >= 0.6 is 23.4 Å². The molecule has 1 heterocycles. The Morgan fingerprint density at radius 2 is 2.12 bits per heavy atom. The Morgan fingerprint density at radius 1 is 1.38 bits per heavy atom. The summed E-state index contributed by atoms with van der Waals surface area (Å²) in [5, 5.41) is 10.1. The Kier molecular flexibility index (Phi) is 2.98. The van der Waals surface area contributed by atoms with E-state index in [4.69, 9.17) is 11.6 Å². The smallest absolute Gasteiger partial charge is 0.326 e. The summed E-state index contributed by atoms with van der Waals surface area (Å²) in [7, 11) is 0. The van der Waals surface area contributed by atoms with Crippen LogP contribution in [0.1, 0.15) is 0 Å². The van der Waals surface area contributed by atoms with E-state index in [2.05, 4.69) is 9.97 Å². The number of imidazole rings is 1. The zero-order valence-electron chi connectivity index (χ0n) is 8.37. The molecule has 16 heavy (non-hydrogen) atoms. The summed E-state index contributed by atoms with van der Waals surface area (Å²) >= 11 is 7.40. The van der Waals surface area contributed by atoms with Crippen LogP contribution in [0.3, 0.4) is 0 Å². The fourth-order valence-corrected chi connectivity index (χ4v) is 2.20. The van der Waals surface area contributed by atoms with Crippen molar-refractivity contribution in [2.75, 3.05) is 6.26 Å². The van der Waals surface area contributed by atoms with Crippen molar-refractivity contribution in [1.82, 2.24) is 9.97 Å². The third-order valence-electron chi connectivity index (χ3n) is 2.14. The number of halogens is 1. The lowest BCUT2D eigenvalue weighted by atomic mass is 10.1. The first kappa shape index (κ1) is 11.2. The number of aromatic hydroxyl groups is 1. The molecule has 0 bridgehead atoms. The van der Waals surface area contributed by atoms with E-state index in [1.807, 2.05) is 12.3 Å². The Bertz CT molecular complexity index is 576. The highest BCUT2D eigenvalue weighted by molar-refractivity contribution is 7.98. The van der Waals surface area contributed by atoms with Gasteiger partial charge in [-0.2, -0.15) is 0 Å². The summed E-state index contributed by atoms with van der Waals surface area (Å²) in [5.74, 6) is -0.178. The van der Waals surface area contributed by atoms with Crippen LogP contribution in [0.15, 0.2) is 27.9 Å². The lowest BCUT2D eigenvalue weighted by Gasteiger charge is -2.05. The molecule has 0 aliphatic rings. The van der Waals surface area contributed by atoms with Crippen LogP contribution in [0.2, 0.25) is 5.02 Å². The molecule has 0 saturated carbocycles. The summed E-state index contributed by atoms with van der Waals surface area (Å²) in [5.41, 5.74) is 0.618. The predicted octanol–water partition coefficient (Wildman–Crippen LogP) is 2.45. The van der Waals surface area contributed by atoms with Gasteiger partial charge in [0, 0.05) is 15.5 Å². The molecule has 1 aromatic carbocycles. The number of aromatic nitrogens is 2. The zero-order valence-corrected chi connectivity index (χ0v) is 9.95. The highest BCUT2D eigenvalue weighted by Gasteiger charge is 2.12. The molecule has 0 unspecified atom stereocenters. The van der Waals surface area contributed by atoms with Crippen molar-refractivity contribution in [2.45, 2.75) is 4.90 Å². The molecule has 2 rings (SSSR count). The van der Waals surface area contributed by atoms with E-state index in [-0.39, 0.29) is 5.88 Å². The molecule has 0 amide bonds. The maximum atomic E-state index is 11.1. The number of benzene rings is 1. The highest BCUT2D eigenvalue weighted by Crippen LogP contribution is 2.34. The van der Waals surface area contributed by atoms with Gasteiger partial charge in [-0.25, -0.2) is 4.79 Å². The topological polar surface area (TPSA) is 68.9 Å². The third kappa shape index (κ3) is 1.96. The molecule has 3 N–H and O–H groups in total. The zero-order chi connectivity index (χ0) is 11.7. The van der Waals surface area contributed by atoms with Crippen LogP contribution in [0.5, 0.6) is 5.88 Å². The number of hydrogen-bond donors (Lipinski definition) is 3. The lowest BCUT2D eigenvalue weighted by molar-refractivity contribution is 0.457. The summed E-state index contributed by atoms with van der Waals surface area (Å²) in [4.78, 5) is 16.8. The third-order valence-corrected chi connectivity index (χ3v) is 3.17. The number of H-pyrrole nitrogens is 2. The highest BCUT2D eigenvalue weighted by atomic mass is 35.5. The van der Waals surface area contributed by atoms with E-state index < -0.39 is 5.69 Å². The molecule has 1 aromatic heterocycles. The van der Waals surface area contributed by atoms with Crippen molar-refractivity contribution in [3.05, 3.63) is 33.7 Å². The minimum absolute atomic E-state index is 0.178. The van der Waals surface area contributed by atoms with Crippen LogP contribution in [-0.4, -0.2) is 21.3 Å². The van der Waals surface area contributed by atoms with Crippen molar-refractivity contribution in [1.29, 1.82) is 0 Å². The van der Waals surface area contributed by atoms with Gasteiger partial charge in [0.1, 0.15) is 5.69 Å². The van der Waals surface area contributed by atoms with E-state index >= 15 is 0 Å². The maximum Gasteiger partial charge on any atom is 0.326 e. The second-order valence-electron chi connectivity index (χ2n) is 3.15. The van der Waals surface area contributed by atoms with Gasteiger partial charge in [-0.05, 0) is 24.5 Å². The first-order valence-electron chi connectivity index (χ1n) is 4.47. The largest absolute Gasteiger partial charge is 0.493 e. The van der Waals surface area contributed by atoms with Crippen molar-refractivity contribution in [3.63, 3.8) is 0 Å². The van der Waals surface area contributed by atoms with Crippen LogP contribution < -0.4 is 5.69 Å². The Hall–Kier alpha value is -1.33. The quantitative estimate of drug-likeness (QED) is 0.723. The summed E-state index contributed by atoms with van der Waals surface area (Å²) in [6, 6.07) is 5.30. The van der Waals surface area contributed by atoms with E-state index in [9.17, 15) is 9.90 Å². The van der Waals surface area contributed by atoms with Crippen LogP contribution in [0.25, 0.3) is 11.3 Å². The predicted molar refractivity (Wildman–Crippen MR) is 65.3 cm³/mol. The summed E-state index contributed by atoms with van der Waals surface area (Å²) < 4.78 is 0.